The number of halogens is 1. The maximum Gasteiger partial charge on any atom is 0.243 e. The van der Waals surface area contributed by atoms with Crippen molar-refractivity contribution in [3.8, 4) is 5.75 Å². The van der Waals surface area contributed by atoms with Gasteiger partial charge in [-0.15, -0.1) is 0 Å². The standard InChI is InChI=1S/C14H15FN2O3/c15-9-3-1-2-8-10(6-7-20-13(8)9)17-14(19)11-4-5-12(18)16-11/h1-3,10-11H,4-7H2,(H,16,18)(H,17,19)/t10-,11+/m0/s1. The van der Waals surface area contributed by atoms with Crippen molar-refractivity contribution in [3.05, 3.63) is 29.6 Å². The quantitative estimate of drug-likeness (QED) is 0.849. The molecule has 0 aromatic heterocycles. The second-order valence-corrected chi connectivity index (χ2v) is 5.02. The molecule has 1 aromatic carbocycles. The Kier molecular flexibility index (Phi) is 3.30. The molecule has 1 saturated heterocycles. The Hall–Kier alpha value is -2.11. The van der Waals surface area contributed by atoms with Gasteiger partial charge in [0.1, 0.15) is 6.04 Å². The minimum Gasteiger partial charge on any atom is -0.490 e. The molecule has 20 heavy (non-hydrogen) atoms. The van der Waals surface area contributed by atoms with Gasteiger partial charge in [-0.3, -0.25) is 9.59 Å². The van der Waals surface area contributed by atoms with E-state index >= 15 is 0 Å². The summed E-state index contributed by atoms with van der Waals surface area (Å²) in [5.41, 5.74) is 0.647. The van der Waals surface area contributed by atoms with Crippen molar-refractivity contribution in [2.45, 2.75) is 31.3 Å². The Balaban J connectivity index is 1.75. The lowest BCUT2D eigenvalue weighted by Crippen LogP contribution is -2.44. The summed E-state index contributed by atoms with van der Waals surface area (Å²) in [5, 5.41) is 5.49. The van der Waals surface area contributed by atoms with Crippen LogP contribution in [-0.4, -0.2) is 24.5 Å². The number of rotatable bonds is 2. The first-order valence-electron chi connectivity index (χ1n) is 6.66. The van der Waals surface area contributed by atoms with Gasteiger partial charge < -0.3 is 15.4 Å². The molecule has 1 aromatic rings. The Labute approximate surface area is 115 Å². The number of fused-ring (bicyclic) bond motifs is 1. The first-order valence-corrected chi connectivity index (χ1v) is 6.66. The summed E-state index contributed by atoms with van der Waals surface area (Å²) >= 11 is 0. The van der Waals surface area contributed by atoms with Gasteiger partial charge in [-0.25, -0.2) is 4.39 Å². The molecule has 1 fully saturated rings. The van der Waals surface area contributed by atoms with Crippen LogP contribution in [0.4, 0.5) is 4.39 Å². The first kappa shape index (κ1) is 12.9. The number of benzene rings is 1. The molecular weight excluding hydrogens is 263 g/mol. The summed E-state index contributed by atoms with van der Waals surface area (Å²) in [4.78, 5) is 23.2. The van der Waals surface area contributed by atoms with Crippen LogP contribution in [0, 0.1) is 5.82 Å². The Morgan fingerprint density at radius 3 is 3.00 bits per heavy atom. The van der Waals surface area contributed by atoms with Crippen LogP contribution in [-0.2, 0) is 9.59 Å². The van der Waals surface area contributed by atoms with Crippen LogP contribution in [0.2, 0.25) is 0 Å². The molecule has 0 radical (unpaired) electrons. The Morgan fingerprint density at radius 1 is 1.40 bits per heavy atom. The minimum absolute atomic E-state index is 0.108. The van der Waals surface area contributed by atoms with Crippen LogP contribution in [0.25, 0.3) is 0 Å². The molecule has 0 aliphatic carbocycles. The zero-order valence-corrected chi connectivity index (χ0v) is 10.8. The van der Waals surface area contributed by atoms with Crippen LogP contribution in [0.5, 0.6) is 5.75 Å². The van der Waals surface area contributed by atoms with E-state index in [4.69, 9.17) is 4.74 Å². The molecule has 3 rings (SSSR count). The van der Waals surface area contributed by atoms with E-state index in [9.17, 15) is 14.0 Å². The molecular formula is C14H15FN2O3. The van der Waals surface area contributed by atoms with Crippen molar-refractivity contribution in [2.24, 2.45) is 0 Å². The van der Waals surface area contributed by atoms with Crippen LogP contribution in [0.3, 0.4) is 0 Å². The molecule has 0 saturated carbocycles. The smallest absolute Gasteiger partial charge is 0.243 e. The van der Waals surface area contributed by atoms with Gasteiger partial charge in [-0.05, 0) is 12.5 Å². The van der Waals surface area contributed by atoms with Gasteiger partial charge in [-0.1, -0.05) is 12.1 Å². The fourth-order valence-corrected chi connectivity index (χ4v) is 2.62. The summed E-state index contributed by atoms with van der Waals surface area (Å²) in [6.07, 6.45) is 1.46. The number of carbonyl (C=O) groups is 2. The number of hydrogen-bond acceptors (Lipinski definition) is 3. The number of carbonyl (C=O) groups excluding carboxylic acids is 2. The highest BCUT2D eigenvalue weighted by Crippen LogP contribution is 2.34. The second kappa shape index (κ2) is 5.11. The van der Waals surface area contributed by atoms with Crippen molar-refractivity contribution < 1.29 is 18.7 Å². The van der Waals surface area contributed by atoms with Crippen LogP contribution in [0.1, 0.15) is 30.9 Å². The highest BCUT2D eigenvalue weighted by Gasteiger charge is 2.31. The molecule has 0 unspecified atom stereocenters. The molecule has 0 spiro atoms. The van der Waals surface area contributed by atoms with Crippen LogP contribution < -0.4 is 15.4 Å². The van der Waals surface area contributed by atoms with Gasteiger partial charge in [0.15, 0.2) is 11.6 Å². The average Bonchev–Trinajstić information content (AvgIpc) is 2.87. The van der Waals surface area contributed by atoms with E-state index in [1.165, 1.54) is 6.07 Å². The van der Waals surface area contributed by atoms with Gasteiger partial charge in [0.25, 0.3) is 0 Å². The van der Waals surface area contributed by atoms with Crippen molar-refractivity contribution in [3.63, 3.8) is 0 Å². The lowest BCUT2D eigenvalue weighted by atomic mass is 9.99. The van der Waals surface area contributed by atoms with Crippen molar-refractivity contribution in [2.75, 3.05) is 6.61 Å². The Morgan fingerprint density at radius 2 is 2.25 bits per heavy atom. The van der Waals surface area contributed by atoms with Gasteiger partial charge in [0, 0.05) is 18.4 Å². The molecule has 2 atom stereocenters. The predicted octanol–water partition coefficient (Wildman–Crippen LogP) is 1.04. The molecule has 6 heteroatoms. The number of para-hydroxylation sites is 1. The highest BCUT2D eigenvalue weighted by molar-refractivity contribution is 5.91. The van der Waals surface area contributed by atoms with E-state index in [-0.39, 0.29) is 23.6 Å². The fraction of sp³-hybridized carbons (Fsp3) is 0.429. The summed E-state index contributed by atoms with van der Waals surface area (Å²) < 4.78 is 19.0. The number of ether oxygens (including phenoxy) is 1. The number of hydrogen-bond donors (Lipinski definition) is 2. The summed E-state index contributed by atoms with van der Waals surface area (Å²) in [6, 6.07) is 3.91. The van der Waals surface area contributed by atoms with E-state index in [1.807, 2.05) is 0 Å². The zero-order valence-electron chi connectivity index (χ0n) is 10.8. The number of nitrogens with one attached hydrogen (secondary N) is 2. The van der Waals surface area contributed by atoms with Gasteiger partial charge >= 0.3 is 0 Å². The second-order valence-electron chi connectivity index (χ2n) is 5.02. The van der Waals surface area contributed by atoms with Gasteiger partial charge in [0.2, 0.25) is 11.8 Å². The van der Waals surface area contributed by atoms with Crippen molar-refractivity contribution in [1.29, 1.82) is 0 Å². The predicted molar refractivity (Wildman–Crippen MR) is 68.6 cm³/mol. The van der Waals surface area contributed by atoms with E-state index in [1.54, 1.807) is 12.1 Å². The SMILES string of the molecule is O=C1CC[C@H](C(=O)N[C@H]2CCOc3c(F)cccc32)N1. The van der Waals surface area contributed by atoms with Crippen LogP contribution >= 0.6 is 0 Å². The van der Waals surface area contributed by atoms with Crippen LogP contribution in [0.15, 0.2) is 18.2 Å². The lowest BCUT2D eigenvalue weighted by Gasteiger charge is -2.27. The molecule has 2 aliphatic heterocycles. The largest absolute Gasteiger partial charge is 0.490 e. The van der Waals surface area contributed by atoms with E-state index in [0.717, 1.165) is 0 Å². The lowest BCUT2D eigenvalue weighted by molar-refractivity contribution is -0.126. The number of amides is 2. The van der Waals surface area contributed by atoms with E-state index in [0.29, 0.717) is 31.4 Å². The monoisotopic (exact) mass is 278 g/mol. The third-order valence-electron chi connectivity index (χ3n) is 3.65. The van der Waals surface area contributed by atoms with E-state index in [2.05, 4.69) is 10.6 Å². The Bertz CT molecular complexity index is 561. The van der Waals surface area contributed by atoms with Gasteiger partial charge in [-0.2, -0.15) is 0 Å². The maximum atomic E-state index is 13.6. The van der Waals surface area contributed by atoms with Crippen molar-refractivity contribution >= 4 is 11.8 Å². The summed E-state index contributed by atoms with van der Waals surface area (Å²) in [5.74, 6) is -0.545. The van der Waals surface area contributed by atoms with Crippen molar-refractivity contribution in [1.82, 2.24) is 10.6 Å². The molecule has 106 valence electrons. The fourth-order valence-electron chi connectivity index (χ4n) is 2.62. The summed E-state index contributed by atoms with van der Waals surface area (Å²) in [7, 11) is 0. The first-order chi connectivity index (χ1) is 9.65. The molecule has 2 amide bonds. The van der Waals surface area contributed by atoms with Gasteiger partial charge in [0.05, 0.1) is 12.6 Å². The maximum absolute atomic E-state index is 13.6. The molecule has 2 heterocycles. The summed E-state index contributed by atoms with van der Waals surface area (Å²) in [6.45, 7) is 0.357. The average molecular weight is 278 g/mol. The zero-order chi connectivity index (χ0) is 14.1. The highest BCUT2D eigenvalue weighted by atomic mass is 19.1. The topological polar surface area (TPSA) is 67.4 Å². The molecule has 0 bridgehead atoms. The molecule has 2 aliphatic rings. The third-order valence-corrected chi connectivity index (χ3v) is 3.65. The normalized spacial score (nSPS) is 24.6. The molecule has 5 nitrogen and oxygen atoms in total. The minimum atomic E-state index is -0.484. The third kappa shape index (κ3) is 2.33. The molecule has 2 N–H and O–H groups in total. The van der Waals surface area contributed by atoms with E-state index < -0.39 is 11.9 Å².